The largest absolute Gasteiger partial charge is 0.488 e. The van der Waals surface area contributed by atoms with Crippen LogP contribution < -0.4 is 10.9 Å². The van der Waals surface area contributed by atoms with E-state index in [9.17, 15) is 4.79 Å². The van der Waals surface area contributed by atoms with Gasteiger partial charge in [-0.15, -0.1) is 0 Å². The smallest absolute Gasteiger partial charge is 0.423 e. The number of rotatable bonds is 3. The molecule has 1 heterocycles. The molecule has 90 valence electrons. The Morgan fingerprint density at radius 3 is 2.29 bits per heavy atom. The zero-order valence-corrected chi connectivity index (χ0v) is 9.47. The molecule has 0 atom stereocenters. The van der Waals surface area contributed by atoms with E-state index in [1.165, 1.54) is 12.1 Å². The van der Waals surface area contributed by atoms with Crippen LogP contribution in [0.1, 0.15) is 23.2 Å². The minimum atomic E-state index is -1.49. The summed E-state index contributed by atoms with van der Waals surface area (Å²) in [4.78, 5) is 11.8. The lowest BCUT2D eigenvalue weighted by Gasteiger charge is -2.16. The van der Waals surface area contributed by atoms with Crippen LogP contribution in [-0.2, 0) is 0 Å². The maximum Gasteiger partial charge on any atom is 0.488 e. The molecule has 1 aliphatic rings. The molecule has 0 saturated carbocycles. The van der Waals surface area contributed by atoms with Crippen molar-refractivity contribution in [3.63, 3.8) is 0 Å². The van der Waals surface area contributed by atoms with E-state index < -0.39 is 7.12 Å². The van der Waals surface area contributed by atoms with Crippen molar-refractivity contribution in [3.05, 3.63) is 29.8 Å². The highest BCUT2D eigenvalue weighted by Gasteiger charge is 2.16. The van der Waals surface area contributed by atoms with Crippen LogP contribution in [0.2, 0.25) is 0 Å². The predicted octanol–water partition coefficient (Wildman–Crippen LogP) is -0.893. The van der Waals surface area contributed by atoms with Gasteiger partial charge in [0.05, 0.1) is 0 Å². The van der Waals surface area contributed by atoms with Crippen LogP contribution in [0.4, 0.5) is 0 Å². The second-order valence-corrected chi connectivity index (χ2v) is 4.13. The standard InChI is InChI=1S/C11H15BN2O3/c15-11(13-14-7-1-2-8-14)9-3-5-10(6-4-9)12(16)17/h3-6,16-17H,1-2,7-8H2,(H,13,15). The molecule has 6 heteroatoms. The van der Waals surface area contributed by atoms with Gasteiger partial charge in [0.2, 0.25) is 0 Å². The molecule has 5 nitrogen and oxygen atoms in total. The molecular weight excluding hydrogens is 219 g/mol. The first-order valence-corrected chi connectivity index (χ1v) is 5.69. The average Bonchev–Trinajstić information content (AvgIpc) is 2.82. The Labute approximate surface area is 100 Å². The zero-order valence-electron chi connectivity index (χ0n) is 9.47. The third-order valence-electron chi connectivity index (χ3n) is 2.84. The second-order valence-electron chi connectivity index (χ2n) is 4.13. The van der Waals surface area contributed by atoms with Crippen LogP contribution in [0, 0.1) is 0 Å². The molecule has 0 aliphatic carbocycles. The van der Waals surface area contributed by atoms with E-state index in [0.29, 0.717) is 11.0 Å². The molecule has 1 aliphatic heterocycles. The van der Waals surface area contributed by atoms with Crippen LogP contribution in [-0.4, -0.2) is 41.2 Å². The van der Waals surface area contributed by atoms with E-state index in [1.807, 2.05) is 5.01 Å². The van der Waals surface area contributed by atoms with Gasteiger partial charge in [0, 0.05) is 18.7 Å². The van der Waals surface area contributed by atoms with Crippen molar-refractivity contribution in [1.29, 1.82) is 0 Å². The third kappa shape index (κ3) is 3.06. The summed E-state index contributed by atoms with van der Waals surface area (Å²) in [6.45, 7) is 1.78. The summed E-state index contributed by atoms with van der Waals surface area (Å²) in [6, 6.07) is 6.23. The Morgan fingerprint density at radius 1 is 1.18 bits per heavy atom. The molecule has 3 N–H and O–H groups in total. The van der Waals surface area contributed by atoms with Crippen LogP contribution >= 0.6 is 0 Å². The first-order chi connectivity index (χ1) is 8.16. The van der Waals surface area contributed by atoms with E-state index >= 15 is 0 Å². The highest BCUT2D eigenvalue weighted by atomic mass is 16.4. The normalized spacial score (nSPS) is 15.9. The number of carbonyl (C=O) groups is 1. The molecule has 17 heavy (non-hydrogen) atoms. The van der Waals surface area contributed by atoms with E-state index in [0.717, 1.165) is 25.9 Å². The lowest BCUT2D eigenvalue weighted by molar-refractivity contribution is 0.0826. The number of amides is 1. The molecule has 2 rings (SSSR count). The van der Waals surface area contributed by atoms with Crippen LogP contribution in [0.25, 0.3) is 0 Å². The fourth-order valence-corrected chi connectivity index (χ4v) is 1.84. The third-order valence-corrected chi connectivity index (χ3v) is 2.84. The molecular formula is C11H15BN2O3. The number of nitrogens with one attached hydrogen (secondary N) is 1. The van der Waals surface area contributed by atoms with Gasteiger partial charge in [-0.3, -0.25) is 10.2 Å². The van der Waals surface area contributed by atoms with Crippen molar-refractivity contribution in [3.8, 4) is 0 Å². The van der Waals surface area contributed by atoms with Crippen LogP contribution in [0.5, 0.6) is 0 Å². The lowest BCUT2D eigenvalue weighted by Crippen LogP contribution is -2.40. The first kappa shape index (κ1) is 12.1. The van der Waals surface area contributed by atoms with Crippen molar-refractivity contribution in [2.24, 2.45) is 0 Å². The fourth-order valence-electron chi connectivity index (χ4n) is 1.84. The molecule has 1 saturated heterocycles. The summed E-state index contributed by atoms with van der Waals surface area (Å²) < 4.78 is 0. The second kappa shape index (κ2) is 5.31. The van der Waals surface area contributed by atoms with Gasteiger partial charge in [0.15, 0.2) is 0 Å². The zero-order chi connectivity index (χ0) is 12.3. The Hall–Kier alpha value is -1.37. The first-order valence-electron chi connectivity index (χ1n) is 5.69. The van der Waals surface area contributed by atoms with Crippen LogP contribution in [0.15, 0.2) is 24.3 Å². The topological polar surface area (TPSA) is 72.8 Å². The quantitative estimate of drug-likeness (QED) is 0.593. The Morgan fingerprint density at radius 2 is 1.76 bits per heavy atom. The van der Waals surface area contributed by atoms with Crippen molar-refractivity contribution in [2.45, 2.75) is 12.8 Å². The van der Waals surface area contributed by atoms with Gasteiger partial charge in [-0.05, 0) is 30.4 Å². The average molecular weight is 234 g/mol. The molecule has 0 radical (unpaired) electrons. The number of hydrogen-bond donors (Lipinski definition) is 3. The molecule has 1 fully saturated rings. The number of hydrogen-bond acceptors (Lipinski definition) is 4. The summed E-state index contributed by atoms with van der Waals surface area (Å²) >= 11 is 0. The molecule has 0 aromatic heterocycles. The summed E-state index contributed by atoms with van der Waals surface area (Å²) in [7, 11) is -1.49. The summed E-state index contributed by atoms with van der Waals surface area (Å²) in [5, 5.41) is 19.8. The Kier molecular flexibility index (Phi) is 3.78. The molecule has 1 aromatic carbocycles. The van der Waals surface area contributed by atoms with Gasteiger partial charge in [-0.1, -0.05) is 12.1 Å². The Bertz CT molecular complexity index is 388. The van der Waals surface area contributed by atoms with Crippen molar-refractivity contribution >= 4 is 18.5 Å². The maximum absolute atomic E-state index is 11.8. The van der Waals surface area contributed by atoms with Gasteiger partial charge in [-0.25, -0.2) is 5.01 Å². The molecule has 0 unspecified atom stereocenters. The monoisotopic (exact) mass is 234 g/mol. The highest BCUT2D eigenvalue weighted by Crippen LogP contribution is 2.05. The minimum absolute atomic E-state index is 0.161. The van der Waals surface area contributed by atoms with Gasteiger partial charge in [0.1, 0.15) is 0 Å². The van der Waals surface area contributed by atoms with Crippen molar-refractivity contribution in [1.82, 2.24) is 10.4 Å². The van der Waals surface area contributed by atoms with E-state index in [4.69, 9.17) is 10.0 Å². The molecule has 0 bridgehead atoms. The number of hydrazine groups is 1. The van der Waals surface area contributed by atoms with Crippen LogP contribution in [0.3, 0.4) is 0 Å². The molecule has 0 spiro atoms. The lowest BCUT2D eigenvalue weighted by atomic mass is 9.80. The van der Waals surface area contributed by atoms with Gasteiger partial charge in [0.25, 0.3) is 5.91 Å². The van der Waals surface area contributed by atoms with E-state index in [1.54, 1.807) is 12.1 Å². The number of nitrogens with zero attached hydrogens (tertiary/aromatic N) is 1. The molecule has 1 aromatic rings. The van der Waals surface area contributed by atoms with Gasteiger partial charge in [-0.2, -0.15) is 0 Å². The summed E-state index contributed by atoms with van der Waals surface area (Å²) in [6.07, 6.45) is 2.21. The van der Waals surface area contributed by atoms with Gasteiger partial charge < -0.3 is 10.0 Å². The number of benzene rings is 1. The van der Waals surface area contributed by atoms with Crippen molar-refractivity contribution in [2.75, 3.05) is 13.1 Å². The summed E-state index contributed by atoms with van der Waals surface area (Å²) in [5.41, 5.74) is 3.71. The maximum atomic E-state index is 11.8. The van der Waals surface area contributed by atoms with E-state index in [2.05, 4.69) is 5.43 Å². The highest BCUT2D eigenvalue weighted by molar-refractivity contribution is 6.58. The SMILES string of the molecule is O=C(NN1CCCC1)c1ccc(B(O)O)cc1. The fraction of sp³-hybridized carbons (Fsp3) is 0.364. The minimum Gasteiger partial charge on any atom is -0.423 e. The predicted molar refractivity (Wildman–Crippen MR) is 64.5 cm³/mol. The summed E-state index contributed by atoms with van der Waals surface area (Å²) in [5.74, 6) is -0.161. The van der Waals surface area contributed by atoms with Crippen molar-refractivity contribution < 1.29 is 14.8 Å². The van der Waals surface area contributed by atoms with Gasteiger partial charge >= 0.3 is 7.12 Å². The number of carbonyl (C=O) groups excluding carboxylic acids is 1. The Balaban J connectivity index is 1.98. The van der Waals surface area contributed by atoms with E-state index in [-0.39, 0.29) is 5.91 Å². The molecule has 1 amide bonds.